The number of phenols is 1. The fourth-order valence-electron chi connectivity index (χ4n) is 6.03. The Balaban J connectivity index is 1.78. The number of benzene rings is 2. The first-order valence-electron chi connectivity index (χ1n) is 12.6. The summed E-state index contributed by atoms with van der Waals surface area (Å²) < 4.78 is 11.4. The third kappa shape index (κ3) is 4.03. The number of carbonyl (C=O) groups excluding carboxylic acids is 3. The lowest BCUT2D eigenvalue weighted by molar-refractivity contribution is -0.186. The standard InChI is InChI=1S/C29H34O6/c1-5-7-26(32)34-17-25(31)29(35-27(33)8-6-2)18(3)15-24-23-11-9-19-16-20(30)10-12-21(19)22(23)13-14-28(24,29)4/h9-12,15-16,18,30H,5-8,13-14,17H2,1-4H3/t18-,28+,29-/m1/s1. The van der Waals surface area contributed by atoms with Crippen LogP contribution in [-0.2, 0) is 30.3 Å². The molecular weight excluding hydrogens is 444 g/mol. The minimum atomic E-state index is -1.44. The Morgan fingerprint density at radius 3 is 2.49 bits per heavy atom. The predicted molar refractivity (Wildman–Crippen MR) is 134 cm³/mol. The van der Waals surface area contributed by atoms with E-state index in [1.807, 2.05) is 45.9 Å². The van der Waals surface area contributed by atoms with Crippen molar-refractivity contribution in [1.29, 1.82) is 0 Å². The predicted octanol–water partition coefficient (Wildman–Crippen LogP) is 5.53. The summed E-state index contributed by atoms with van der Waals surface area (Å²) in [7, 11) is 0. The average molecular weight is 479 g/mol. The number of Topliss-reactive ketones (excluding diaryl/α,β-unsaturated/α-hetero) is 1. The lowest BCUT2D eigenvalue weighted by Crippen LogP contribution is -2.59. The molecule has 2 aromatic rings. The van der Waals surface area contributed by atoms with Gasteiger partial charge in [0, 0.05) is 24.2 Å². The molecule has 35 heavy (non-hydrogen) atoms. The Bertz CT molecular complexity index is 1210. The van der Waals surface area contributed by atoms with E-state index in [0.717, 1.165) is 27.5 Å². The summed E-state index contributed by atoms with van der Waals surface area (Å²) in [6.07, 6.45) is 5.04. The van der Waals surface area contributed by atoms with Gasteiger partial charge in [-0.25, -0.2) is 0 Å². The van der Waals surface area contributed by atoms with Gasteiger partial charge in [0.05, 0.1) is 0 Å². The van der Waals surface area contributed by atoms with E-state index in [0.29, 0.717) is 25.7 Å². The number of ketones is 1. The minimum absolute atomic E-state index is 0.216. The van der Waals surface area contributed by atoms with Crippen LogP contribution in [0.1, 0.15) is 70.9 Å². The van der Waals surface area contributed by atoms with E-state index in [-0.39, 0.29) is 30.3 Å². The van der Waals surface area contributed by atoms with Gasteiger partial charge in [0.25, 0.3) is 0 Å². The number of phenolic OH excluding ortho intramolecular Hbond substituents is 1. The first-order valence-corrected chi connectivity index (χ1v) is 12.6. The molecule has 0 aromatic heterocycles. The maximum absolute atomic E-state index is 13.8. The summed E-state index contributed by atoms with van der Waals surface area (Å²) in [6, 6.07) is 9.37. The van der Waals surface area contributed by atoms with Crippen LogP contribution in [-0.4, -0.2) is 35.0 Å². The van der Waals surface area contributed by atoms with Crippen LogP contribution in [0.25, 0.3) is 16.3 Å². The SMILES string of the molecule is CCCC(=O)OCC(=O)[C@]1(OC(=O)CCC)[C@H](C)C=C2c3ccc4cc(O)ccc4c3CC[C@@]21C. The van der Waals surface area contributed by atoms with Crippen LogP contribution < -0.4 is 0 Å². The van der Waals surface area contributed by atoms with Crippen molar-refractivity contribution in [2.24, 2.45) is 11.3 Å². The van der Waals surface area contributed by atoms with Crippen molar-refractivity contribution in [2.75, 3.05) is 6.61 Å². The van der Waals surface area contributed by atoms with Crippen molar-refractivity contribution in [3.63, 3.8) is 0 Å². The molecule has 0 amide bonds. The number of hydrogen-bond donors (Lipinski definition) is 1. The highest BCUT2D eigenvalue weighted by Crippen LogP contribution is 2.61. The molecule has 2 aliphatic carbocycles. The molecule has 4 rings (SSSR count). The lowest BCUT2D eigenvalue weighted by atomic mass is 9.60. The van der Waals surface area contributed by atoms with Gasteiger partial charge in [-0.3, -0.25) is 14.4 Å². The number of rotatable bonds is 8. The molecule has 1 N–H and O–H groups in total. The summed E-state index contributed by atoms with van der Waals surface area (Å²) in [6.45, 7) is 7.25. The smallest absolute Gasteiger partial charge is 0.306 e. The molecule has 3 atom stereocenters. The largest absolute Gasteiger partial charge is 0.508 e. The van der Waals surface area contributed by atoms with Crippen LogP contribution >= 0.6 is 0 Å². The second-order valence-electron chi connectivity index (χ2n) is 9.99. The summed E-state index contributed by atoms with van der Waals surface area (Å²) >= 11 is 0. The highest BCUT2D eigenvalue weighted by Gasteiger charge is 2.65. The minimum Gasteiger partial charge on any atom is -0.508 e. The van der Waals surface area contributed by atoms with E-state index in [9.17, 15) is 19.5 Å². The quantitative estimate of drug-likeness (QED) is 0.502. The zero-order chi connectivity index (χ0) is 25.4. The van der Waals surface area contributed by atoms with Crippen LogP contribution in [0.2, 0.25) is 0 Å². The van der Waals surface area contributed by atoms with Crippen LogP contribution in [0, 0.1) is 11.3 Å². The van der Waals surface area contributed by atoms with E-state index in [2.05, 4.69) is 6.08 Å². The molecule has 0 saturated heterocycles. The molecular formula is C29H34O6. The van der Waals surface area contributed by atoms with Gasteiger partial charge in [0.15, 0.2) is 12.2 Å². The maximum Gasteiger partial charge on any atom is 0.306 e. The number of carbonyl (C=O) groups is 3. The van der Waals surface area contributed by atoms with Gasteiger partial charge in [-0.05, 0) is 65.3 Å². The number of aryl methyl sites for hydroxylation is 1. The summed E-state index contributed by atoms with van der Waals surface area (Å²) in [4.78, 5) is 38.7. The molecule has 6 heteroatoms. The highest BCUT2D eigenvalue weighted by atomic mass is 16.6. The van der Waals surface area contributed by atoms with Crippen molar-refractivity contribution in [3.8, 4) is 5.75 Å². The summed E-state index contributed by atoms with van der Waals surface area (Å²) in [5, 5.41) is 11.9. The molecule has 2 aromatic carbocycles. The normalized spacial score (nSPS) is 24.9. The van der Waals surface area contributed by atoms with Gasteiger partial charge in [0.2, 0.25) is 5.78 Å². The van der Waals surface area contributed by atoms with E-state index in [4.69, 9.17) is 9.47 Å². The topological polar surface area (TPSA) is 89.9 Å². The van der Waals surface area contributed by atoms with Crippen molar-refractivity contribution in [1.82, 2.24) is 0 Å². The monoisotopic (exact) mass is 478 g/mol. The van der Waals surface area contributed by atoms with E-state index in [1.165, 1.54) is 0 Å². The highest BCUT2D eigenvalue weighted by molar-refractivity contribution is 6.01. The van der Waals surface area contributed by atoms with Gasteiger partial charge in [-0.1, -0.05) is 52.0 Å². The zero-order valence-electron chi connectivity index (χ0n) is 21.0. The van der Waals surface area contributed by atoms with E-state index >= 15 is 0 Å². The van der Waals surface area contributed by atoms with Crippen molar-refractivity contribution < 1.29 is 29.0 Å². The van der Waals surface area contributed by atoms with E-state index < -0.39 is 29.6 Å². The lowest BCUT2D eigenvalue weighted by Gasteiger charge is -2.48. The van der Waals surface area contributed by atoms with E-state index in [1.54, 1.807) is 12.1 Å². The molecule has 0 saturated carbocycles. The summed E-state index contributed by atoms with van der Waals surface area (Å²) in [5.41, 5.74) is 0.979. The van der Waals surface area contributed by atoms with Gasteiger partial charge in [0.1, 0.15) is 5.75 Å². The number of fused-ring (bicyclic) bond motifs is 5. The molecule has 0 unspecified atom stereocenters. The third-order valence-electron chi connectivity index (χ3n) is 7.71. The van der Waals surface area contributed by atoms with Crippen LogP contribution in [0.4, 0.5) is 0 Å². The van der Waals surface area contributed by atoms with Gasteiger partial charge >= 0.3 is 11.9 Å². The van der Waals surface area contributed by atoms with Crippen LogP contribution in [0.15, 0.2) is 36.4 Å². The van der Waals surface area contributed by atoms with Gasteiger partial charge < -0.3 is 14.6 Å². The molecule has 0 heterocycles. The van der Waals surface area contributed by atoms with Gasteiger partial charge in [-0.15, -0.1) is 0 Å². The molecule has 186 valence electrons. The Labute approximate surface area is 206 Å². The fraction of sp³-hybridized carbons (Fsp3) is 0.483. The molecule has 0 aliphatic heterocycles. The van der Waals surface area contributed by atoms with Crippen molar-refractivity contribution in [2.45, 2.75) is 71.8 Å². The Kier molecular flexibility index (Phi) is 6.76. The Morgan fingerprint density at radius 1 is 1.06 bits per heavy atom. The van der Waals surface area contributed by atoms with Gasteiger partial charge in [-0.2, -0.15) is 0 Å². The van der Waals surface area contributed by atoms with Crippen molar-refractivity contribution >= 4 is 34.1 Å². The Hall–Kier alpha value is -3.15. The maximum atomic E-state index is 13.8. The van der Waals surface area contributed by atoms with Crippen LogP contribution in [0.5, 0.6) is 5.75 Å². The molecule has 6 nitrogen and oxygen atoms in total. The van der Waals surface area contributed by atoms with Crippen molar-refractivity contribution in [3.05, 3.63) is 47.5 Å². The molecule has 0 fully saturated rings. The first-order chi connectivity index (χ1) is 16.7. The second kappa shape index (κ2) is 9.48. The number of esters is 2. The number of aromatic hydroxyl groups is 1. The molecule has 0 bridgehead atoms. The molecule has 2 aliphatic rings. The van der Waals surface area contributed by atoms with Crippen LogP contribution in [0.3, 0.4) is 0 Å². The zero-order valence-corrected chi connectivity index (χ0v) is 21.0. The Morgan fingerprint density at radius 2 is 1.77 bits per heavy atom. The number of ether oxygens (including phenoxy) is 2. The first kappa shape index (κ1) is 25.0. The molecule has 0 radical (unpaired) electrons. The summed E-state index contributed by atoms with van der Waals surface area (Å²) in [5.74, 6) is -1.38. The average Bonchev–Trinajstić information content (AvgIpc) is 3.04. The third-order valence-corrected chi connectivity index (χ3v) is 7.71. The molecule has 0 spiro atoms. The fourth-order valence-corrected chi connectivity index (χ4v) is 6.03. The second-order valence-corrected chi connectivity index (χ2v) is 9.99. The number of hydrogen-bond acceptors (Lipinski definition) is 6.